The lowest BCUT2D eigenvalue weighted by Crippen LogP contribution is -2.13. The fourth-order valence-corrected chi connectivity index (χ4v) is 4.27. The molecule has 0 fully saturated rings. The summed E-state index contributed by atoms with van der Waals surface area (Å²) in [4.78, 5) is 12.7. The Bertz CT molecular complexity index is 1170. The third kappa shape index (κ3) is 4.19. The van der Waals surface area contributed by atoms with Gasteiger partial charge in [0.1, 0.15) is 21.8 Å². The maximum Gasteiger partial charge on any atom is 0.324 e. The van der Waals surface area contributed by atoms with E-state index in [0.29, 0.717) is 17.3 Å². The molecule has 4 aromatic rings. The van der Waals surface area contributed by atoms with Gasteiger partial charge in [-0.2, -0.15) is 0 Å². The molecular formula is C24H19FN2O2S. The van der Waals surface area contributed by atoms with Gasteiger partial charge in [-0.1, -0.05) is 66.4 Å². The third-order valence-corrected chi connectivity index (χ3v) is 5.83. The number of ether oxygens (including phenoxy) is 1. The van der Waals surface area contributed by atoms with Crippen molar-refractivity contribution in [2.45, 2.75) is 17.2 Å². The van der Waals surface area contributed by atoms with Crippen LogP contribution in [0.5, 0.6) is 0 Å². The first-order chi connectivity index (χ1) is 14.7. The topological polar surface area (TPSA) is 52.1 Å². The Kier molecular flexibility index (Phi) is 6.05. The van der Waals surface area contributed by atoms with Crippen molar-refractivity contribution in [2.75, 3.05) is 6.61 Å². The average Bonchev–Trinajstić information content (AvgIpc) is 2.79. The lowest BCUT2D eigenvalue weighted by molar-refractivity contribution is -0.142. The summed E-state index contributed by atoms with van der Waals surface area (Å²) in [6.45, 7) is 2.09. The molecule has 0 amide bonds. The van der Waals surface area contributed by atoms with Crippen LogP contribution in [0.4, 0.5) is 4.39 Å². The number of thioether (sulfide) groups is 1. The molecule has 0 aliphatic heterocycles. The molecule has 4 rings (SSSR count). The normalized spacial score (nSPS) is 11.9. The van der Waals surface area contributed by atoms with E-state index < -0.39 is 5.25 Å². The van der Waals surface area contributed by atoms with Gasteiger partial charge in [0.05, 0.1) is 6.61 Å². The molecule has 0 bridgehead atoms. The first-order valence-corrected chi connectivity index (χ1v) is 10.4. The van der Waals surface area contributed by atoms with Crippen LogP contribution in [0, 0.1) is 5.82 Å². The largest absolute Gasteiger partial charge is 0.465 e. The van der Waals surface area contributed by atoms with Crippen LogP contribution in [0.15, 0.2) is 83.9 Å². The van der Waals surface area contributed by atoms with E-state index in [1.165, 1.54) is 23.9 Å². The van der Waals surface area contributed by atoms with E-state index in [2.05, 4.69) is 10.2 Å². The smallest absolute Gasteiger partial charge is 0.324 e. The summed E-state index contributed by atoms with van der Waals surface area (Å²) in [5, 5.41) is 10.7. The monoisotopic (exact) mass is 418 g/mol. The highest BCUT2D eigenvalue weighted by Crippen LogP contribution is 2.39. The molecule has 0 unspecified atom stereocenters. The summed E-state index contributed by atoms with van der Waals surface area (Å²) in [6, 6.07) is 23.4. The predicted molar refractivity (Wildman–Crippen MR) is 117 cm³/mol. The van der Waals surface area contributed by atoms with Crippen LogP contribution in [0.3, 0.4) is 0 Å². The van der Waals surface area contributed by atoms with Gasteiger partial charge >= 0.3 is 5.97 Å². The maximum atomic E-state index is 13.3. The van der Waals surface area contributed by atoms with Gasteiger partial charge in [-0.05, 0) is 36.8 Å². The van der Waals surface area contributed by atoms with E-state index in [0.717, 1.165) is 21.9 Å². The summed E-state index contributed by atoms with van der Waals surface area (Å²) >= 11 is 1.32. The second-order valence-corrected chi connectivity index (χ2v) is 7.66. The van der Waals surface area contributed by atoms with Crippen molar-refractivity contribution in [3.63, 3.8) is 0 Å². The highest BCUT2D eigenvalue weighted by Gasteiger charge is 2.25. The molecule has 150 valence electrons. The lowest BCUT2D eigenvalue weighted by atomic mass is 10.1. The van der Waals surface area contributed by atoms with Gasteiger partial charge in [-0.3, -0.25) is 4.79 Å². The average molecular weight is 418 g/mol. The molecule has 30 heavy (non-hydrogen) atoms. The van der Waals surface area contributed by atoms with Crippen molar-refractivity contribution in [2.24, 2.45) is 0 Å². The van der Waals surface area contributed by atoms with Crippen LogP contribution in [0.25, 0.3) is 22.0 Å². The van der Waals surface area contributed by atoms with Crippen molar-refractivity contribution < 1.29 is 13.9 Å². The number of benzene rings is 3. The number of esters is 1. The Morgan fingerprint density at radius 2 is 1.60 bits per heavy atom. The maximum absolute atomic E-state index is 13.3. The molecule has 1 atom stereocenters. The summed E-state index contributed by atoms with van der Waals surface area (Å²) in [7, 11) is 0. The zero-order chi connectivity index (χ0) is 20.9. The van der Waals surface area contributed by atoms with Crippen molar-refractivity contribution >= 4 is 28.5 Å². The van der Waals surface area contributed by atoms with E-state index >= 15 is 0 Å². The molecule has 0 saturated carbocycles. The zero-order valence-electron chi connectivity index (χ0n) is 16.3. The number of hydrogen-bond acceptors (Lipinski definition) is 5. The number of carbonyl (C=O) groups is 1. The molecule has 4 nitrogen and oxygen atoms in total. The number of aromatic nitrogens is 2. The minimum Gasteiger partial charge on any atom is -0.465 e. The van der Waals surface area contributed by atoms with Gasteiger partial charge in [-0.15, -0.1) is 10.2 Å². The minimum absolute atomic E-state index is 0.302. The molecule has 6 heteroatoms. The van der Waals surface area contributed by atoms with Crippen molar-refractivity contribution in [3.8, 4) is 11.3 Å². The second-order valence-electron chi connectivity index (χ2n) is 6.57. The molecular weight excluding hydrogens is 399 g/mol. The third-order valence-electron chi connectivity index (χ3n) is 4.60. The van der Waals surface area contributed by atoms with Crippen LogP contribution in [0.2, 0.25) is 0 Å². The van der Waals surface area contributed by atoms with Crippen LogP contribution < -0.4 is 0 Å². The molecule has 0 saturated heterocycles. The Hall–Kier alpha value is -3.25. The standard InChI is InChI=1S/C24H19FN2O2S/c1-2-29-24(28)22(17-8-4-3-5-9-17)30-23-20-11-7-6-10-19(20)21(26-27-23)16-12-14-18(25)15-13-16/h3-15,22H,2H2,1H3/t22-/m1/s1. The van der Waals surface area contributed by atoms with Crippen LogP contribution in [0.1, 0.15) is 17.7 Å². The number of carbonyl (C=O) groups excluding carboxylic acids is 1. The van der Waals surface area contributed by atoms with Gasteiger partial charge in [0.25, 0.3) is 0 Å². The molecule has 1 aromatic heterocycles. The number of nitrogens with zero attached hydrogens (tertiary/aromatic N) is 2. The van der Waals surface area contributed by atoms with E-state index in [1.807, 2.05) is 54.6 Å². The number of fused-ring (bicyclic) bond motifs is 1. The van der Waals surface area contributed by atoms with Crippen molar-refractivity contribution in [1.82, 2.24) is 10.2 Å². The van der Waals surface area contributed by atoms with Gasteiger partial charge in [0, 0.05) is 16.3 Å². The molecule has 0 aliphatic carbocycles. The quantitative estimate of drug-likeness (QED) is 0.291. The van der Waals surface area contributed by atoms with E-state index in [4.69, 9.17) is 4.74 Å². The van der Waals surface area contributed by atoms with Gasteiger partial charge < -0.3 is 4.74 Å². The highest BCUT2D eigenvalue weighted by atomic mass is 32.2. The Labute approximate surface area is 178 Å². The molecule has 1 heterocycles. The fourth-order valence-electron chi connectivity index (χ4n) is 3.20. The highest BCUT2D eigenvalue weighted by molar-refractivity contribution is 8.00. The van der Waals surface area contributed by atoms with E-state index in [1.54, 1.807) is 19.1 Å². The molecule has 0 radical (unpaired) electrons. The van der Waals surface area contributed by atoms with E-state index in [-0.39, 0.29) is 11.8 Å². The van der Waals surface area contributed by atoms with Gasteiger partial charge in [0.15, 0.2) is 0 Å². The Morgan fingerprint density at radius 3 is 2.30 bits per heavy atom. The fraction of sp³-hybridized carbons (Fsp3) is 0.125. The van der Waals surface area contributed by atoms with Gasteiger partial charge in [-0.25, -0.2) is 4.39 Å². The van der Waals surface area contributed by atoms with Crippen LogP contribution in [-0.2, 0) is 9.53 Å². The zero-order valence-corrected chi connectivity index (χ0v) is 17.1. The summed E-state index contributed by atoms with van der Waals surface area (Å²) in [5.41, 5.74) is 2.29. The molecule has 0 spiro atoms. The lowest BCUT2D eigenvalue weighted by Gasteiger charge is -2.16. The predicted octanol–water partition coefficient (Wildman–Crippen LogP) is 5.83. The summed E-state index contributed by atoms with van der Waals surface area (Å²) < 4.78 is 18.6. The minimum atomic E-state index is -0.555. The first kappa shape index (κ1) is 20.0. The van der Waals surface area contributed by atoms with Crippen LogP contribution >= 0.6 is 11.8 Å². The molecule has 0 aliphatic rings. The SMILES string of the molecule is CCOC(=O)[C@H](Sc1nnc(-c2ccc(F)cc2)c2ccccc12)c1ccccc1. The van der Waals surface area contributed by atoms with Crippen molar-refractivity contribution in [1.29, 1.82) is 0 Å². The Morgan fingerprint density at radius 1 is 0.933 bits per heavy atom. The van der Waals surface area contributed by atoms with Crippen LogP contribution in [-0.4, -0.2) is 22.8 Å². The van der Waals surface area contributed by atoms with Gasteiger partial charge in [0.2, 0.25) is 0 Å². The molecule has 3 aromatic carbocycles. The summed E-state index contributed by atoms with van der Waals surface area (Å²) in [6.07, 6.45) is 0. The first-order valence-electron chi connectivity index (χ1n) is 9.57. The van der Waals surface area contributed by atoms with E-state index in [9.17, 15) is 9.18 Å². The number of rotatable bonds is 6. The summed E-state index contributed by atoms with van der Waals surface area (Å²) in [5.74, 6) is -0.620. The number of hydrogen-bond donors (Lipinski definition) is 0. The molecule has 0 N–H and O–H groups in total. The Balaban J connectivity index is 1.78. The second kappa shape index (κ2) is 9.05. The van der Waals surface area contributed by atoms with Crippen molar-refractivity contribution in [3.05, 3.63) is 90.2 Å². The number of halogens is 1.